The lowest BCUT2D eigenvalue weighted by Crippen LogP contribution is -2.36. The average molecular weight is 222 g/mol. The molecular formula is C14H22O2. The highest BCUT2D eigenvalue weighted by Crippen LogP contribution is 2.28. The summed E-state index contributed by atoms with van der Waals surface area (Å²) in [5.74, 6) is 0.162. The van der Waals surface area contributed by atoms with E-state index in [-0.39, 0.29) is 11.9 Å². The second kappa shape index (κ2) is 5.88. The molecule has 0 fully saturated rings. The molecule has 0 aromatic rings. The quantitative estimate of drug-likeness (QED) is 0.524. The Labute approximate surface area is 98.4 Å². The van der Waals surface area contributed by atoms with Gasteiger partial charge < -0.3 is 4.74 Å². The predicted octanol–water partition coefficient (Wildman–Crippen LogP) is 3.63. The molecule has 90 valence electrons. The molecule has 16 heavy (non-hydrogen) atoms. The summed E-state index contributed by atoms with van der Waals surface area (Å²) in [4.78, 5) is 11.7. The van der Waals surface area contributed by atoms with Crippen LogP contribution >= 0.6 is 0 Å². The van der Waals surface area contributed by atoms with Crippen LogP contribution in [0.1, 0.15) is 46.5 Å². The fraction of sp³-hybridized carbons (Fsp3) is 0.643. The van der Waals surface area contributed by atoms with Gasteiger partial charge in [-0.1, -0.05) is 44.9 Å². The molecule has 0 saturated heterocycles. The first-order chi connectivity index (χ1) is 7.58. The third kappa shape index (κ3) is 3.51. The number of rotatable bonds is 5. The smallest absolute Gasteiger partial charge is 0.306 e. The van der Waals surface area contributed by atoms with Crippen LogP contribution in [0, 0.1) is 5.92 Å². The molecule has 0 aromatic heterocycles. The SMILES string of the molecule is CCCCCC(=O)OC1(C)C=CC=CC1C. The molecule has 0 radical (unpaired) electrons. The van der Waals surface area contributed by atoms with Crippen molar-refractivity contribution in [2.24, 2.45) is 5.92 Å². The lowest BCUT2D eigenvalue weighted by atomic mass is 9.87. The first-order valence-corrected chi connectivity index (χ1v) is 6.16. The van der Waals surface area contributed by atoms with Crippen molar-refractivity contribution in [1.82, 2.24) is 0 Å². The Morgan fingerprint density at radius 1 is 1.38 bits per heavy atom. The van der Waals surface area contributed by atoms with Crippen LogP contribution in [0.3, 0.4) is 0 Å². The minimum atomic E-state index is -0.460. The van der Waals surface area contributed by atoms with Crippen LogP contribution in [-0.4, -0.2) is 11.6 Å². The van der Waals surface area contributed by atoms with Gasteiger partial charge in [0.1, 0.15) is 5.60 Å². The van der Waals surface area contributed by atoms with Crippen molar-refractivity contribution in [3.63, 3.8) is 0 Å². The second-order valence-corrected chi connectivity index (χ2v) is 4.65. The number of esters is 1. The summed E-state index contributed by atoms with van der Waals surface area (Å²) in [5, 5.41) is 0. The van der Waals surface area contributed by atoms with E-state index < -0.39 is 5.60 Å². The van der Waals surface area contributed by atoms with Gasteiger partial charge in [0.05, 0.1) is 0 Å². The summed E-state index contributed by atoms with van der Waals surface area (Å²) in [6.45, 7) is 6.16. The van der Waals surface area contributed by atoms with Gasteiger partial charge in [0.2, 0.25) is 0 Å². The third-order valence-corrected chi connectivity index (χ3v) is 3.16. The van der Waals surface area contributed by atoms with Gasteiger partial charge in [-0.05, 0) is 19.4 Å². The Kier molecular flexibility index (Phi) is 4.78. The van der Waals surface area contributed by atoms with Crippen molar-refractivity contribution >= 4 is 5.97 Å². The van der Waals surface area contributed by atoms with Crippen molar-refractivity contribution in [3.8, 4) is 0 Å². The Morgan fingerprint density at radius 3 is 2.75 bits per heavy atom. The van der Waals surface area contributed by atoms with Gasteiger partial charge in [-0.2, -0.15) is 0 Å². The van der Waals surface area contributed by atoms with Crippen molar-refractivity contribution in [3.05, 3.63) is 24.3 Å². The predicted molar refractivity (Wildman–Crippen MR) is 66.1 cm³/mol. The molecule has 0 aliphatic heterocycles. The number of allylic oxidation sites excluding steroid dienone is 2. The van der Waals surface area contributed by atoms with Crippen LogP contribution in [0.5, 0.6) is 0 Å². The molecule has 2 atom stereocenters. The maximum atomic E-state index is 11.7. The first-order valence-electron chi connectivity index (χ1n) is 6.16. The van der Waals surface area contributed by atoms with E-state index in [4.69, 9.17) is 4.74 Å². The molecule has 0 aromatic carbocycles. The Balaban J connectivity index is 2.43. The molecular weight excluding hydrogens is 200 g/mol. The van der Waals surface area contributed by atoms with Crippen molar-refractivity contribution in [1.29, 1.82) is 0 Å². The van der Waals surface area contributed by atoms with Crippen LogP contribution in [0.2, 0.25) is 0 Å². The molecule has 0 saturated carbocycles. The minimum absolute atomic E-state index is 0.0808. The van der Waals surface area contributed by atoms with Gasteiger partial charge in [0.15, 0.2) is 0 Å². The highest BCUT2D eigenvalue weighted by molar-refractivity contribution is 5.70. The van der Waals surface area contributed by atoms with Crippen molar-refractivity contribution < 1.29 is 9.53 Å². The van der Waals surface area contributed by atoms with Crippen LogP contribution in [0.25, 0.3) is 0 Å². The summed E-state index contributed by atoms with van der Waals surface area (Å²) in [5.41, 5.74) is -0.460. The highest BCUT2D eigenvalue weighted by Gasteiger charge is 2.31. The van der Waals surface area contributed by atoms with Gasteiger partial charge >= 0.3 is 5.97 Å². The second-order valence-electron chi connectivity index (χ2n) is 4.65. The molecule has 2 nitrogen and oxygen atoms in total. The summed E-state index contributed by atoms with van der Waals surface area (Å²) >= 11 is 0. The number of carbonyl (C=O) groups excluding carboxylic acids is 1. The zero-order valence-corrected chi connectivity index (χ0v) is 10.5. The number of unbranched alkanes of at least 4 members (excludes halogenated alkanes) is 2. The van der Waals surface area contributed by atoms with Gasteiger partial charge in [-0.25, -0.2) is 0 Å². The molecule has 0 spiro atoms. The molecule has 0 N–H and O–H groups in total. The maximum Gasteiger partial charge on any atom is 0.306 e. The Hall–Kier alpha value is -1.05. The van der Waals surface area contributed by atoms with Crippen molar-refractivity contribution in [2.45, 2.75) is 52.1 Å². The fourth-order valence-electron chi connectivity index (χ4n) is 1.76. The molecule has 2 heteroatoms. The molecule has 1 rings (SSSR count). The van der Waals surface area contributed by atoms with E-state index in [1.807, 2.05) is 25.2 Å². The monoisotopic (exact) mass is 222 g/mol. The van der Waals surface area contributed by atoms with Gasteiger partial charge in [-0.3, -0.25) is 4.79 Å². The Bertz CT molecular complexity index is 291. The summed E-state index contributed by atoms with van der Waals surface area (Å²) < 4.78 is 5.56. The fourth-order valence-corrected chi connectivity index (χ4v) is 1.76. The number of ether oxygens (including phenoxy) is 1. The lowest BCUT2D eigenvalue weighted by molar-refractivity contribution is -0.156. The van der Waals surface area contributed by atoms with Crippen LogP contribution in [-0.2, 0) is 9.53 Å². The largest absolute Gasteiger partial charge is 0.454 e. The number of carbonyl (C=O) groups is 1. The standard InChI is InChI=1S/C14H22O2/c1-4-5-6-10-13(15)16-14(3)11-8-7-9-12(14)2/h7-9,11-12H,4-6,10H2,1-3H3. The van der Waals surface area contributed by atoms with Crippen LogP contribution in [0.4, 0.5) is 0 Å². The van der Waals surface area contributed by atoms with E-state index in [1.165, 1.54) is 0 Å². The van der Waals surface area contributed by atoms with E-state index in [0.29, 0.717) is 6.42 Å². The molecule has 0 heterocycles. The topological polar surface area (TPSA) is 26.3 Å². The minimum Gasteiger partial charge on any atom is -0.454 e. The van der Waals surface area contributed by atoms with E-state index in [0.717, 1.165) is 19.3 Å². The maximum absolute atomic E-state index is 11.7. The Morgan fingerprint density at radius 2 is 2.12 bits per heavy atom. The number of hydrogen-bond acceptors (Lipinski definition) is 2. The zero-order chi connectivity index (χ0) is 12.0. The summed E-state index contributed by atoms with van der Waals surface area (Å²) in [6.07, 6.45) is 11.7. The van der Waals surface area contributed by atoms with Gasteiger partial charge in [0.25, 0.3) is 0 Å². The van der Waals surface area contributed by atoms with Crippen molar-refractivity contribution in [2.75, 3.05) is 0 Å². The molecule has 0 bridgehead atoms. The zero-order valence-electron chi connectivity index (χ0n) is 10.5. The molecule has 1 aliphatic carbocycles. The van der Waals surface area contributed by atoms with Crippen LogP contribution in [0.15, 0.2) is 24.3 Å². The average Bonchev–Trinajstić information content (AvgIpc) is 2.23. The van der Waals surface area contributed by atoms with E-state index in [1.54, 1.807) is 0 Å². The van der Waals surface area contributed by atoms with Gasteiger partial charge in [0, 0.05) is 12.3 Å². The molecule has 0 amide bonds. The van der Waals surface area contributed by atoms with E-state index in [9.17, 15) is 4.79 Å². The molecule has 2 unspecified atom stereocenters. The van der Waals surface area contributed by atoms with E-state index >= 15 is 0 Å². The third-order valence-electron chi connectivity index (χ3n) is 3.16. The first kappa shape index (κ1) is 13.0. The van der Waals surface area contributed by atoms with Gasteiger partial charge in [-0.15, -0.1) is 0 Å². The molecule has 1 aliphatic rings. The number of hydrogen-bond donors (Lipinski definition) is 0. The normalized spacial score (nSPS) is 28.1. The lowest BCUT2D eigenvalue weighted by Gasteiger charge is -2.32. The summed E-state index contributed by atoms with van der Waals surface area (Å²) in [7, 11) is 0. The summed E-state index contributed by atoms with van der Waals surface area (Å²) in [6, 6.07) is 0. The van der Waals surface area contributed by atoms with E-state index in [2.05, 4.69) is 19.9 Å². The van der Waals surface area contributed by atoms with Crippen LogP contribution < -0.4 is 0 Å². The highest BCUT2D eigenvalue weighted by atomic mass is 16.6.